The third-order valence-electron chi connectivity index (χ3n) is 6.10. The van der Waals surface area contributed by atoms with E-state index in [1.165, 1.54) is 64.2 Å². The van der Waals surface area contributed by atoms with Crippen molar-refractivity contribution in [3.05, 3.63) is 12.7 Å². The first-order valence-corrected chi connectivity index (χ1v) is 10.0. The minimum Gasteiger partial charge on any atom is -0.462 e. The van der Waals surface area contributed by atoms with Crippen molar-refractivity contribution in [3.63, 3.8) is 0 Å². The minimum atomic E-state index is -0.101. The molecule has 0 aromatic carbocycles. The fourth-order valence-corrected chi connectivity index (χ4v) is 4.66. The van der Waals surface area contributed by atoms with Gasteiger partial charge in [0.05, 0.1) is 6.42 Å². The Morgan fingerprint density at radius 1 is 1.00 bits per heavy atom. The van der Waals surface area contributed by atoms with Crippen molar-refractivity contribution in [1.82, 2.24) is 0 Å². The molecule has 0 heterocycles. The lowest BCUT2D eigenvalue weighted by Crippen LogP contribution is -2.29. The van der Waals surface area contributed by atoms with Crippen molar-refractivity contribution in [1.29, 1.82) is 0 Å². The van der Waals surface area contributed by atoms with Gasteiger partial charge in [0.2, 0.25) is 0 Å². The average molecular weight is 321 g/mol. The Morgan fingerprint density at radius 3 is 2.17 bits per heavy atom. The first-order chi connectivity index (χ1) is 11.2. The van der Waals surface area contributed by atoms with E-state index in [-0.39, 0.29) is 12.1 Å². The molecule has 23 heavy (non-hydrogen) atoms. The maximum Gasteiger partial charge on any atom is 0.309 e. The molecule has 2 rings (SSSR count). The normalized spacial score (nSPS) is 31.5. The average Bonchev–Trinajstić information content (AvgIpc) is 2.57. The largest absolute Gasteiger partial charge is 0.462 e. The summed E-state index contributed by atoms with van der Waals surface area (Å²) in [5.41, 5.74) is 0. The van der Waals surface area contributed by atoms with Gasteiger partial charge in [-0.15, -0.1) is 6.58 Å². The van der Waals surface area contributed by atoms with Crippen molar-refractivity contribution < 1.29 is 9.53 Å². The number of ether oxygens (including phenoxy) is 1. The molecule has 0 aromatic heterocycles. The molecule has 0 atom stereocenters. The van der Waals surface area contributed by atoms with E-state index in [9.17, 15) is 4.79 Å². The van der Waals surface area contributed by atoms with E-state index in [0.717, 1.165) is 30.6 Å². The van der Waals surface area contributed by atoms with Gasteiger partial charge in [-0.05, 0) is 56.3 Å². The number of carbonyl (C=O) groups is 1. The highest BCUT2D eigenvalue weighted by Gasteiger charge is 2.31. The topological polar surface area (TPSA) is 26.3 Å². The van der Waals surface area contributed by atoms with Crippen LogP contribution in [0.1, 0.15) is 90.4 Å². The number of hydrogen-bond donors (Lipinski definition) is 0. The van der Waals surface area contributed by atoms with Gasteiger partial charge in [0.15, 0.2) is 0 Å². The number of hydrogen-bond acceptors (Lipinski definition) is 2. The fraction of sp³-hybridized carbons (Fsp3) is 0.857. The Morgan fingerprint density at radius 2 is 1.61 bits per heavy atom. The highest BCUT2D eigenvalue weighted by Crippen LogP contribution is 2.41. The Labute approximate surface area is 143 Å². The number of unbranched alkanes of at least 4 members (excludes halogenated alkanes) is 2. The monoisotopic (exact) mass is 320 g/mol. The first kappa shape index (κ1) is 18.5. The predicted octanol–water partition coefficient (Wildman–Crippen LogP) is 6.05. The van der Waals surface area contributed by atoms with Gasteiger partial charge < -0.3 is 4.74 Å². The molecule has 2 saturated carbocycles. The molecular weight excluding hydrogens is 284 g/mol. The second kappa shape index (κ2) is 10.2. The lowest BCUT2D eigenvalue weighted by atomic mass is 9.70. The molecule has 2 aliphatic carbocycles. The molecule has 2 fully saturated rings. The second-order valence-electron chi connectivity index (χ2n) is 7.80. The van der Waals surface area contributed by atoms with Crippen LogP contribution in [0.25, 0.3) is 0 Å². The molecule has 132 valence electrons. The zero-order chi connectivity index (χ0) is 16.5. The summed E-state index contributed by atoms with van der Waals surface area (Å²) >= 11 is 0. The molecule has 0 radical (unpaired) electrons. The van der Waals surface area contributed by atoms with Crippen LogP contribution in [0.15, 0.2) is 12.7 Å². The summed E-state index contributed by atoms with van der Waals surface area (Å²) < 4.78 is 5.53. The molecule has 2 heteroatoms. The highest BCUT2D eigenvalue weighted by atomic mass is 16.5. The zero-order valence-electron chi connectivity index (χ0n) is 15.1. The minimum absolute atomic E-state index is 0.101. The number of rotatable bonds is 8. The van der Waals surface area contributed by atoms with E-state index < -0.39 is 0 Å². The molecule has 2 nitrogen and oxygen atoms in total. The molecule has 0 aromatic rings. The van der Waals surface area contributed by atoms with E-state index in [2.05, 4.69) is 13.5 Å². The third kappa shape index (κ3) is 6.31. The Bertz CT molecular complexity index is 347. The fourth-order valence-electron chi connectivity index (χ4n) is 4.66. The van der Waals surface area contributed by atoms with Crippen LogP contribution in [-0.4, -0.2) is 12.1 Å². The van der Waals surface area contributed by atoms with Gasteiger partial charge in [0, 0.05) is 0 Å². The summed E-state index contributed by atoms with van der Waals surface area (Å²) in [5, 5.41) is 0. The summed E-state index contributed by atoms with van der Waals surface area (Å²) in [6.45, 7) is 5.89. The van der Waals surface area contributed by atoms with Crippen molar-refractivity contribution in [2.24, 2.45) is 17.8 Å². The second-order valence-corrected chi connectivity index (χ2v) is 7.80. The zero-order valence-corrected chi connectivity index (χ0v) is 15.1. The van der Waals surface area contributed by atoms with E-state index in [1.807, 2.05) is 0 Å². The van der Waals surface area contributed by atoms with Crippen molar-refractivity contribution in [3.8, 4) is 0 Å². The lowest BCUT2D eigenvalue weighted by molar-refractivity contribution is -0.150. The Kier molecular flexibility index (Phi) is 8.19. The molecule has 2 aliphatic rings. The number of esters is 1. The summed E-state index contributed by atoms with van der Waals surface area (Å²) in [4.78, 5) is 11.5. The molecule has 0 saturated heterocycles. The van der Waals surface area contributed by atoms with Crippen molar-refractivity contribution in [2.75, 3.05) is 0 Å². The van der Waals surface area contributed by atoms with Gasteiger partial charge in [0.1, 0.15) is 6.10 Å². The quantitative estimate of drug-likeness (QED) is 0.309. The van der Waals surface area contributed by atoms with Crippen LogP contribution in [-0.2, 0) is 9.53 Å². The van der Waals surface area contributed by atoms with Gasteiger partial charge in [0.25, 0.3) is 0 Å². The Balaban J connectivity index is 1.62. The molecule has 0 aliphatic heterocycles. The van der Waals surface area contributed by atoms with Gasteiger partial charge in [-0.1, -0.05) is 51.5 Å². The van der Waals surface area contributed by atoms with Crippen LogP contribution in [0.3, 0.4) is 0 Å². The SMILES string of the molecule is C=CCC(=O)OC1CCC(C2CCC(CCCCC)CC2)CC1. The van der Waals surface area contributed by atoms with Gasteiger partial charge in [-0.3, -0.25) is 4.79 Å². The van der Waals surface area contributed by atoms with E-state index in [0.29, 0.717) is 6.42 Å². The third-order valence-corrected chi connectivity index (χ3v) is 6.10. The number of carbonyl (C=O) groups excluding carboxylic acids is 1. The van der Waals surface area contributed by atoms with Crippen LogP contribution < -0.4 is 0 Å². The molecule has 0 unspecified atom stereocenters. The van der Waals surface area contributed by atoms with E-state index in [1.54, 1.807) is 6.08 Å². The van der Waals surface area contributed by atoms with Crippen LogP contribution in [0.5, 0.6) is 0 Å². The molecule has 0 bridgehead atoms. The molecule has 0 amide bonds. The standard InChI is InChI=1S/C21H36O2/c1-3-5-6-8-17-9-11-18(12-10-17)19-13-15-20(16-14-19)23-21(22)7-4-2/h4,17-20H,2-3,5-16H2,1H3. The summed E-state index contributed by atoms with van der Waals surface area (Å²) in [6, 6.07) is 0. The van der Waals surface area contributed by atoms with Gasteiger partial charge >= 0.3 is 5.97 Å². The predicted molar refractivity (Wildman–Crippen MR) is 96.2 cm³/mol. The van der Waals surface area contributed by atoms with E-state index in [4.69, 9.17) is 4.74 Å². The summed E-state index contributed by atoms with van der Waals surface area (Å²) in [7, 11) is 0. The lowest BCUT2D eigenvalue weighted by Gasteiger charge is -2.37. The van der Waals surface area contributed by atoms with Crippen LogP contribution >= 0.6 is 0 Å². The smallest absolute Gasteiger partial charge is 0.309 e. The van der Waals surface area contributed by atoms with Crippen molar-refractivity contribution >= 4 is 5.97 Å². The molecule has 0 spiro atoms. The van der Waals surface area contributed by atoms with Crippen LogP contribution in [0, 0.1) is 17.8 Å². The van der Waals surface area contributed by atoms with Crippen molar-refractivity contribution in [2.45, 2.75) is 96.5 Å². The molecular formula is C21H36O2. The maximum absolute atomic E-state index is 11.5. The van der Waals surface area contributed by atoms with Gasteiger partial charge in [-0.25, -0.2) is 0 Å². The highest BCUT2D eigenvalue weighted by molar-refractivity contribution is 5.71. The van der Waals surface area contributed by atoms with E-state index >= 15 is 0 Å². The summed E-state index contributed by atoms with van der Waals surface area (Å²) in [5.74, 6) is 2.74. The van der Waals surface area contributed by atoms with Crippen LogP contribution in [0.2, 0.25) is 0 Å². The van der Waals surface area contributed by atoms with Crippen LogP contribution in [0.4, 0.5) is 0 Å². The maximum atomic E-state index is 11.5. The first-order valence-electron chi connectivity index (χ1n) is 10.0. The molecule has 0 N–H and O–H groups in total. The van der Waals surface area contributed by atoms with Gasteiger partial charge in [-0.2, -0.15) is 0 Å². The summed E-state index contributed by atoms with van der Waals surface area (Å²) in [6.07, 6.45) is 18.3. The Hall–Kier alpha value is -0.790.